The number of amides is 2. The molecule has 38 heavy (non-hydrogen) atoms. The third-order valence-electron chi connectivity index (χ3n) is 6.25. The van der Waals surface area contributed by atoms with Crippen LogP contribution < -0.4 is 14.4 Å². The molecule has 0 aliphatic heterocycles. The number of carbonyl (C=O) groups excluding carboxylic acids is 2. The number of nitrogens with one attached hydrogen (secondary N) is 1. The number of hydrogen-bond donors (Lipinski definition) is 1. The van der Waals surface area contributed by atoms with Gasteiger partial charge in [-0.05, 0) is 54.8 Å². The van der Waals surface area contributed by atoms with Crippen LogP contribution in [0, 0.1) is 6.92 Å². The molecule has 0 saturated carbocycles. The van der Waals surface area contributed by atoms with Crippen molar-refractivity contribution in [3.63, 3.8) is 0 Å². The van der Waals surface area contributed by atoms with Gasteiger partial charge in [-0.3, -0.25) is 13.9 Å². The van der Waals surface area contributed by atoms with Gasteiger partial charge in [0.05, 0.1) is 17.7 Å². The zero-order valence-electron chi connectivity index (χ0n) is 21.8. The summed E-state index contributed by atoms with van der Waals surface area (Å²) in [5, 5.41) is 2.89. The van der Waals surface area contributed by atoms with E-state index in [2.05, 4.69) is 5.32 Å². The van der Waals surface area contributed by atoms with Crippen molar-refractivity contribution in [2.75, 3.05) is 25.0 Å². The van der Waals surface area contributed by atoms with Crippen LogP contribution in [0.2, 0.25) is 5.02 Å². The maximum atomic E-state index is 14.0. The zero-order valence-corrected chi connectivity index (χ0v) is 23.4. The molecule has 0 unspecified atom stereocenters. The van der Waals surface area contributed by atoms with Gasteiger partial charge in [0.25, 0.3) is 10.0 Å². The Morgan fingerprint density at radius 3 is 2.29 bits per heavy atom. The lowest BCUT2D eigenvalue weighted by Gasteiger charge is -2.33. The molecule has 0 aliphatic carbocycles. The van der Waals surface area contributed by atoms with Gasteiger partial charge in [-0.25, -0.2) is 8.42 Å². The number of aryl methyl sites for hydroxylation is 1. The monoisotopic (exact) mass is 557 g/mol. The Hall–Kier alpha value is -3.56. The van der Waals surface area contributed by atoms with E-state index in [-0.39, 0.29) is 33.8 Å². The van der Waals surface area contributed by atoms with Crippen molar-refractivity contribution in [3.05, 3.63) is 88.9 Å². The number of ether oxygens (including phenoxy) is 1. The third kappa shape index (κ3) is 6.46. The predicted octanol–water partition coefficient (Wildman–Crippen LogP) is 4.41. The molecule has 0 saturated heterocycles. The molecule has 1 atom stereocenters. The summed E-state index contributed by atoms with van der Waals surface area (Å²) in [4.78, 5) is 28.2. The van der Waals surface area contributed by atoms with E-state index in [1.807, 2.05) is 31.2 Å². The molecule has 0 aromatic heterocycles. The normalized spacial score (nSPS) is 11.9. The Morgan fingerprint density at radius 2 is 1.68 bits per heavy atom. The van der Waals surface area contributed by atoms with Crippen molar-refractivity contribution in [3.8, 4) is 5.75 Å². The van der Waals surface area contributed by atoms with Crippen LogP contribution in [-0.4, -0.2) is 51.9 Å². The molecule has 0 radical (unpaired) electrons. The first-order valence-corrected chi connectivity index (χ1v) is 13.9. The molecule has 0 aliphatic rings. The molecule has 0 fully saturated rings. The number of sulfonamides is 1. The van der Waals surface area contributed by atoms with Crippen LogP contribution >= 0.6 is 11.6 Å². The van der Waals surface area contributed by atoms with Crippen LogP contribution in [0.4, 0.5) is 5.69 Å². The summed E-state index contributed by atoms with van der Waals surface area (Å²) >= 11 is 6.25. The van der Waals surface area contributed by atoms with E-state index in [9.17, 15) is 18.0 Å². The van der Waals surface area contributed by atoms with Crippen LogP contribution in [0.15, 0.2) is 77.7 Å². The SMILES string of the molecule is CC[C@H](C(=O)NC)N(Cc1ccccc1C)C(=O)CN(c1cc(Cl)ccc1OC)S(=O)(=O)c1ccccc1. The lowest BCUT2D eigenvalue weighted by atomic mass is 10.1. The summed E-state index contributed by atoms with van der Waals surface area (Å²) in [7, 11) is -1.31. The second-order valence-electron chi connectivity index (χ2n) is 8.63. The zero-order chi connectivity index (χ0) is 27.9. The average Bonchev–Trinajstić information content (AvgIpc) is 2.92. The minimum atomic E-state index is -4.22. The van der Waals surface area contributed by atoms with Gasteiger partial charge in [0, 0.05) is 18.6 Å². The Bertz CT molecular complexity index is 1380. The van der Waals surface area contributed by atoms with Gasteiger partial charge >= 0.3 is 0 Å². The molecule has 3 aromatic carbocycles. The molecule has 2 amide bonds. The van der Waals surface area contributed by atoms with E-state index in [1.165, 1.54) is 37.3 Å². The molecule has 3 rings (SSSR count). The maximum absolute atomic E-state index is 14.0. The molecular formula is C28H32ClN3O5S. The highest BCUT2D eigenvalue weighted by Gasteiger charge is 2.34. The fourth-order valence-corrected chi connectivity index (χ4v) is 5.75. The Morgan fingerprint density at radius 1 is 1.03 bits per heavy atom. The van der Waals surface area contributed by atoms with Crippen molar-refractivity contribution in [2.45, 2.75) is 37.8 Å². The summed E-state index contributed by atoms with van der Waals surface area (Å²) in [5.74, 6) is -0.664. The summed E-state index contributed by atoms with van der Waals surface area (Å²) in [6.07, 6.45) is 0.337. The fraction of sp³-hybridized carbons (Fsp3) is 0.286. The van der Waals surface area contributed by atoms with Crippen molar-refractivity contribution < 1.29 is 22.7 Å². The number of methoxy groups -OCH3 is 1. The van der Waals surface area contributed by atoms with Crippen LogP contribution in [-0.2, 0) is 26.2 Å². The van der Waals surface area contributed by atoms with Gasteiger partial charge in [0.1, 0.15) is 18.3 Å². The lowest BCUT2D eigenvalue weighted by molar-refractivity contribution is -0.140. The van der Waals surface area contributed by atoms with Crippen molar-refractivity contribution in [1.29, 1.82) is 0 Å². The molecule has 0 heterocycles. The van der Waals surface area contributed by atoms with Gasteiger partial charge < -0.3 is 15.0 Å². The summed E-state index contributed by atoms with van der Waals surface area (Å²) < 4.78 is 34.2. The van der Waals surface area contributed by atoms with Gasteiger partial charge in [-0.1, -0.05) is 61.0 Å². The van der Waals surface area contributed by atoms with Gasteiger partial charge in [-0.15, -0.1) is 0 Å². The number of carbonyl (C=O) groups is 2. The van der Waals surface area contributed by atoms with Crippen LogP contribution in [0.5, 0.6) is 5.75 Å². The van der Waals surface area contributed by atoms with Gasteiger partial charge in [-0.2, -0.15) is 0 Å². The van der Waals surface area contributed by atoms with E-state index in [0.717, 1.165) is 15.4 Å². The number of halogens is 1. The smallest absolute Gasteiger partial charge is 0.264 e. The largest absolute Gasteiger partial charge is 0.495 e. The van der Waals surface area contributed by atoms with E-state index < -0.39 is 28.5 Å². The van der Waals surface area contributed by atoms with E-state index in [4.69, 9.17) is 16.3 Å². The topological polar surface area (TPSA) is 96.0 Å². The Labute approximate surface area is 229 Å². The molecule has 10 heteroatoms. The number of hydrogen-bond acceptors (Lipinski definition) is 5. The van der Waals surface area contributed by atoms with Crippen LogP contribution in [0.1, 0.15) is 24.5 Å². The number of anilines is 1. The van der Waals surface area contributed by atoms with Gasteiger partial charge in [0.15, 0.2) is 0 Å². The van der Waals surface area contributed by atoms with Crippen molar-refractivity contribution in [2.24, 2.45) is 0 Å². The fourth-order valence-electron chi connectivity index (χ4n) is 4.15. The second-order valence-corrected chi connectivity index (χ2v) is 10.9. The van der Waals surface area contributed by atoms with E-state index in [0.29, 0.717) is 6.42 Å². The molecule has 202 valence electrons. The first kappa shape index (κ1) is 29.0. The maximum Gasteiger partial charge on any atom is 0.264 e. The minimum absolute atomic E-state index is 0.00127. The molecule has 3 aromatic rings. The second kappa shape index (κ2) is 12.8. The van der Waals surface area contributed by atoms with Crippen LogP contribution in [0.3, 0.4) is 0 Å². The number of nitrogens with zero attached hydrogens (tertiary/aromatic N) is 2. The first-order chi connectivity index (χ1) is 18.1. The highest BCUT2D eigenvalue weighted by molar-refractivity contribution is 7.92. The standard InChI is InChI=1S/C28H32ClN3O5S/c1-5-24(28(34)30-3)31(18-21-12-10-9-11-20(21)2)27(33)19-32(25-17-22(29)15-16-26(25)37-4)38(35,36)23-13-7-6-8-14-23/h6-17,24H,5,18-19H2,1-4H3,(H,30,34)/t24-/m1/s1. The van der Waals surface area contributed by atoms with E-state index in [1.54, 1.807) is 37.3 Å². The summed E-state index contributed by atoms with van der Waals surface area (Å²) in [6.45, 7) is 3.27. The Kier molecular flexibility index (Phi) is 9.77. The van der Waals surface area contributed by atoms with Crippen molar-refractivity contribution >= 4 is 39.1 Å². The van der Waals surface area contributed by atoms with Crippen molar-refractivity contribution in [1.82, 2.24) is 10.2 Å². The number of rotatable bonds is 11. The van der Waals surface area contributed by atoms with E-state index >= 15 is 0 Å². The molecule has 1 N–H and O–H groups in total. The highest BCUT2D eigenvalue weighted by Crippen LogP contribution is 2.35. The lowest BCUT2D eigenvalue weighted by Crippen LogP contribution is -2.51. The molecular weight excluding hydrogens is 526 g/mol. The average molecular weight is 558 g/mol. The number of benzene rings is 3. The van der Waals surface area contributed by atoms with Crippen LogP contribution in [0.25, 0.3) is 0 Å². The molecule has 0 spiro atoms. The highest BCUT2D eigenvalue weighted by atomic mass is 35.5. The Balaban J connectivity index is 2.13. The minimum Gasteiger partial charge on any atom is -0.495 e. The summed E-state index contributed by atoms with van der Waals surface area (Å²) in [6, 6.07) is 19.1. The third-order valence-corrected chi connectivity index (χ3v) is 8.26. The number of likely N-dealkylation sites (N-methyl/N-ethyl adjacent to an activating group) is 1. The molecule has 0 bridgehead atoms. The summed E-state index contributed by atoms with van der Waals surface area (Å²) in [5.41, 5.74) is 1.91. The quantitative estimate of drug-likeness (QED) is 0.377. The predicted molar refractivity (Wildman–Crippen MR) is 149 cm³/mol. The molecule has 8 nitrogen and oxygen atoms in total. The van der Waals surface area contributed by atoms with Gasteiger partial charge in [0.2, 0.25) is 11.8 Å². The first-order valence-electron chi connectivity index (χ1n) is 12.1.